The fourth-order valence-corrected chi connectivity index (χ4v) is 2.83. The summed E-state index contributed by atoms with van der Waals surface area (Å²) in [5.74, 6) is 6.29. The van der Waals surface area contributed by atoms with E-state index in [9.17, 15) is 13.6 Å². The fraction of sp³-hybridized carbons (Fsp3) is 0.357. The highest BCUT2D eigenvalue weighted by molar-refractivity contribution is 8.00. The lowest BCUT2D eigenvalue weighted by Crippen LogP contribution is -2.30. The summed E-state index contributed by atoms with van der Waals surface area (Å²) in [5, 5.41) is 7.96. The van der Waals surface area contributed by atoms with Gasteiger partial charge in [-0.15, -0.1) is 10.2 Å². The van der Waals surface area contributed by atoms with Gasteiger partial charge in [0.2, 0.25) is 11.1 Å². The summed E-state index contributed by atoms with van der Waals surface area (Å²) in [7, 11) is 3.34. The molecular weight excluding hydrogens is 340 g/mol. The van der Waals surface area contributed by atoms with E-state index in [1.54, 1.807) is 33.2 Å². The number of thioether (sulfide) groups is 1. The first-order valence-electron chi connectivity index (χ1n) is 6.93. The molecule has 0 spiro atoms. The number of carbonyl (C=O) groups excluding carboxylic acids is 1. The Hall–Kier alpha value is -2.36. The molecule has 0 aliphatic rings. The number of ether oxygens (including phenoxy) is 1. The van der Waals surface area contributed by atoms with Gasteiger partial charge in [-0.1, -0.05) is 11.8 Å². The minimum atomic E-state index is -2.88. The van der Waals surface area contributed by atoms with E-state index < -0.39 is 6.61 Å². The van der Waals surface area contributed by atoms with Gasteiger partial charge in [0.05, 0.1) is 5.25 Å². The third-order valence-corrected chi connectivity index (χ3v) is 4.12. The van der Waals surface area contributed by atoms with Crippen molar-refractivity contribution in [3.05, 3.63) is 24.3 Å². The van der Waals surface area contributed by atoms with Crippen LogP contribution in [0.25, 0.3) is 11.4 Å². The average molecular weight is 357 g/mol. The molecule has 7 nitrogen and oxygen atoms in total. The van der Waals surface area contributed by atoms with Crippen LogP contribution in [0.3, 0.4) is 0 Å². The Morgan fingerprint density at radius 2 is 1.92 bits per heavy atom. The maximum Gasteiger partial charge on any atom is 0.387 e. The first-order valence-corrected chi connectivity index (χ1v) is 7.81. The number of carbonyl (C=O) groups is 1. The summed E-state index contributed by atoms with van der Waals surface area (Å²) >= 11 is 1.18. The van der Waals surface area contributed by atoms with Crippen LogP contribution in [0.1, 0.15) is 6.92 Å². The summed E-state index contributed by atoms with van der Waals surface area (Å²) in [4.78, 5) is 13.4. The Bertz CT molecular complexity index is 706. The number of hydrogen-bond acceptors (Lipinski definition) is 6. The zero-order valence-corrected chi connectivity index (χ0v) is 14.1. The van der Waals surface area contributed by atoms with Gasteiger partial charge in [-0.2, -0.15) is 8.78 Å². The summed E-state index contributed by atoms with van der Waals surface area (Å²) in [6.45, 7) is -1.13. The Labute approximate surface area is 141 Å². The lowest BCUT2D eigenvalue weighted by molar-refractivity contribution is -0.127. The van der Waals surface area contributed by atoms with E-state index in [1.165, 1.54) is 33.5 Å². The third kappa shape index (κ3) is 4.13. The molecular formula is C14H17F2N5O2S. The third-order valence-electron chi connectivity index (χ3n) is 3.07. The molecule has 2 N–H and O–H groups in total. The minimum Gasteiger partial charge on any atom is -0.435 e. The number of alkyl halides is 2. The maximum atomic E-state index is 12.2. The molecule has 0 saturated heterocycles. The van der Waals surface area contributed by atoms with Crippen molar-refractivity contribution < 1.29 is 18.3 Å². The van der Waals surface area contributed by atoms with Crippen molar-refractivity contribution in [3.8, 4) is 17.1 Å². The molecule has 0 aliphatic carbocycles. The number of benzene rings is 1. The molecule has 1 aromatic heterocycles. The molecule has 10 heteroatoms. The van der Waals surface area contributed by atoms with E-state index in [2.05, 4.69) is 14.9 Å². The monoisotopic (exact) mass is 357 g/mol. The van der Waals surface area contributed by atoms with Crippen LogP contribution in [0.2, 0.25) is 0 Å². The second-order valence-corrected chi connectivity index (χ2v) is 6.38. The van der Waals surface area contributed by atoms with Gasteiger partial charge in [0.15, 0.2) is 5.82 Å². The van der Waals surface area contributed by atoms with E-state index in [4.69, 9.17) is 5.84 Å². The molecule has 0 fully saturated rings. The fourth-order valence-electron chi connectivity index (χ4n) is 1.91. The van der Waals surface area contributed by atoms with Crippen molar-refractivity contribution in [2.75, 3.05) is 19.9 Å². The number of rotatable bonds is 6. The number of amides is 1. The molecule has 24 heavy (non-hydrogen) atoms. The quantitative estimate of drug-likeness (QED) is 0.627. The van der Waals surface area contributed by atoms with Gasteiger partial charge in [-0.3, -0.25) is 4.79 Å². The second kappa shape index (κ2) is 7.47. The molecule has 0 radical (unpaired) electrons. The van der Waals surface area contributed by atoms with Crippen molar-refractivity contribution in [3.63, 3.8) is 0 Å². The SMILES string of the molecule is CC(Sc1nnc(-c2ccc(OC(F)F)cc2)n1N)C(=O)N(C)C. The Kier molecular flexibility index (Phi) is 5.60. The zero-order valence-electron chi connectivity index (χ0n) is 13.3. The van der Waals surface area contributed by atoms with Crippen LogP contribution in [0, 0.1) is 0 Å². The van der Waals surface area contributed by atoms with Gasteiger partial charge in [0.25, 0.3) is 0 Å². The Morgan fingerprint density at radius 3 is 2.46 bits per heavy atom. The molecule has 1 unspecified atom stereocenters. The largest absolute Gasteiger partial charge is 0.435 e. The van der Waals surface area contributed by atoms with Crippen molar-refractivity contribution in [2.24, 2.45) is 0 Å². The molecule has 130 valence electrons. The molecule has 1 heterocycles. The predicted octanol–water partition coefficient (Wildman–Crippen LogP) is 1.83. The number of nitrogens with two attached hydrogens (primary N) is 1. The van der Waals surface area contributed by atoms with Crippen molar-refractivity contribution >= 4 is 17.7 Å². The van der Waals surface area contributed by atoms with Gasteiger partial charge in [0.1, 0.15) is 5.75 Å². The lowest BCUT2D eigenvalue weighted by Gasteiger charge is -2.15. The average Bonchev–Trinajstić information content (AvgIpc) is 2.87. The first kappa shape index (κ1) is 18.0. The highest BCUT2D eigenvalue weighted by Crippen LogP contribution is 2.26. The highest BCUT2D eigenvalue weighted by Gasteiger charge is 2.21. The Balaban J connectivity index is 2.16. The van der Waals surface area contributed by atoms with Gasteiger partial charge in [0, 0.05) is 19.7 Å². The van der Waals surface area contributed by atoms with E-state index in [0.29, 0.717) is 16.5 Å². The topological polar surface area (TPSA) is 86.3 Å². The summed E-state index contributed by atoms with van der Waals surface area (Å²) in [5.41, 5.74) is 0.588. The highest BCUT2D eigenvalue weighted by atomic mass is 32.2. The summed E-state index contributed by atoms with van der Waals surface area (Å²) in [6, 6.07) is 5.88. The van der Waals surface area contributed by atoms with Gasteiger partial charge in [-0.05, 0) is 31.2 Å². The van der Waals surface area contributed by atoms with Crippen LogP contribution < -0.4 is 10.6 Å². The number of hydrogen-bond donors (Lipinski definition) is 1. The standard InChI is InChI=1S/C14H17F2N5O2S/c1-8(12(22)20(2)3)24-14-19-18-11(21(14)17)9-4-6-10(7-5-9)23-13(15)16/h4-8,13H,17H2,1-3H3. The van der Waals surface area contributed by atoms with Crippen molar-refractivity contribution in [1.29, 1.82) is 0 Å². The van der Waals surface area contributed by atoms with E-state index >= 15 is 0 Å². The van der Waals surface area contributed by atoms with Gasteiger partial charge < -0.3 is 15.5 Å². The molecule has 1 amide bonds. The molecule has 0 aliphatic heterocycles. The van der Waals surface area contributed by atoms with Crippen LogP contribution in [0.5, 0.6) is 5.75 Å². The molecule has 1 atom stereocenters. The minimum absolute atomic E-state index is 0.0386. The number of aromatic nitrogens is 3. The van der Waals surface area contributed by atoms with Crippen molar-refractivity contribution in [1.82, 2.24) is 19.8 Å². The molecule has 1 aromatic carbocycles. The number of nitrogen functional groups attached to an aromatic ring is 1. The van der Waals surface area contributed by atoms with Gasteiger partial charge in [-0.25, -0.2) is 4.68 Å². The van der Waals surface area contributed by atoms with Crippen molar-refractivity contribution in [2.45, 2.75) is 23.9 Å². The molecule has 0 saturated carbocycles. The summed E-state index contributed by atoms with van der Waals surface area (Å²) in [6.07, 6.45) is 0. The van der Waals surface area contributed by atoms with Crippen LogP contribution in [0.4, 0.5) is 8.78 Å². The van der Waals surface area contributed by atoms with Crippen LogP contribution in [-0.4, -0.2) is 51.6 Å². The predicted molar refractivity (Wildman–Crippen MR) is 86.3 cm³/mol. The van der Waals surface area contributed by atoms with Crippen LogP contribution >= 0.6 is 11.8 Å². The maximum absolute atomic E-state index is 12.2. The molecule has 2 rings (SSSR count). The normalized spacial score (nSPS) is 12.2. The van der Waals surface area contributed by atoms with Crippen LogP contribution in [-0.2, 0) is 4.79 Å². The van der Waals surface area contributed by atoms with E-state index in [-0.39, 0.29) is 16.9 Å². The van der Waals surface area contributed by atoms with Crippen LogP contribution in [0.15, 0.2) is 29.4 Å². The van der Waals surface area contributed by atoms with E-state index in [0.717, 1.165) is 0 Å². The van der Waals surface area contributed by atoms with Gasteiger partial charge >= 0.3 is 6.61 Å². The smallest absolute Gasteiger partial charge is 0.387 e. The lowest BCUT2D eigenvalue weighted by atomic mass is 10.2. The second-order valence-electron chi connectivity index (χ2n) is 5.07. The summed E-state index contributed by atoms with van der Waals surface area (Å²) < 4.78 is 29.9. The first-order chi connectivity index (χ1) is 11.3. The zero-order chi connectivity index (χ0) is 17.9. The van der Waals surface area contributed by atoms with E-state index in [1.807, 2.05) is 0 Å². The molecule has 2 aromatic rings. The Morgan fingerprint density at radius 1 is 1.29 bits per heavy atom. The number of nitrogens with zero attached hydrogens (tertiary/aromatic N) is 4. The number of halogens is 2. The molecule has 0 bridgehead atoms.